The molecule has 0 saturated heterocycles. The first-order valence-electron chi connectivity index (χ1n) is 6.49. The minimum absolute atomic E-state index is 0.164. The van der Waals surface area contributed by atoms with E-state index in [4.69, 9.17) is 0 Å². The van der Waals surface area contributed by atoms with E-state index in [0.29, 0.717) is 22.8 Å². The number of carbonyl (C=O) groups is 1. The third-order valence-corrected chi connectivity index (χ3v) is 4.33. The first-order chi connectivity index (χ1) is 10.8. The Morgan fingerprint density at radius 2 is 2.36 bits per heavy atom. The Labute approximate surface area is 135 Å². The van der Waals surface area contributed by atoms with Crippen LogP contribution < -0.4 is 5.32 Å². The molecule has 3 aromatic rings. The van der Waals surface area contributed by atoms with Gasteiger partial charge in [0.25, 0.3) is 5.91 Å². The number of amides is 1. The number of thioether (sulfide) groups is 1. The highest BCUT2D eigenvalue weighted by molar-refractivity contribution is 7.98. The quantitative estimate of drug-likeness (QED) is 0.727. The minimum atomic E-state index is -0.164. The molecule has 1 N–H and O–H groups in total. The molecule has 3 aromatic heterocycles. The van der Waals surface area contributed by atoms with Crippen molar-refractivity contribution in [2.45, 2.75) is 11.6 Å². The Morgan fingerprint density at radius 1 is 1.45 bits per heavy atom. The van der Waals surface area contributed by atoms with Gasteiger partial charge in [-0.1, -0.05) is 5.21 Å². The van der Waals surface area contributed by atoms with Crippen LogP contribution in [0.5, 0.6) is 0 Å². The second kappa shape index (κ2) is 6.71. The molecule has 8 heteroatoms. The van der Waals surface area contributed by atoms with Crippen LogP contribution in [0.25, 0.3) is 5.69 Å². The molecule has 0 radical (unpaired) electrons. The van der Waals surface area contributed by atoms with Crippen LogP contribution in [0.3, 0.4) is 0 Å². The number of rotatable bonds is 5. The molecule has 0 aliphatic rings. The number of aromatic nitrogens is 4. The molecular weight excluding hydrogens is 318 g/mol. The Morgan fingerprint density at radius 3 is 3.14 bits per heavy atom. The molecule has 3 rings (SSSR count). The summed E-state index contributed by atoms with van der Waals surface area (Å²) in [5, 5.41) is 15.6. The van der Waals surface area contributed by atoms with Crippen LogP contribution in [-0.2, 0) is 6.54 Å². The normalized spacial score (nSPS) is 10.6. The fourth-order valence-electron chi connectivity index (χ4n) is 1.89. The fourth-order valence-corrected chi connectivity index (χ4v) is 3.06. The van der Waals surface area contributed by atoms with Gasteiger partial charge in [-0.3, -0.25) is 4.79 Å². The SMILES string of the molecule is CSc1ncccc1C(=O)NCc1cn(-c2ccsc2)nn1. The second-order valence-corrected chi connectivity index (χ2v) is 5.95. The first-order valence-corrected chi connectivity index (χ1v) is 8.65. The van der Waals surface area contributed by atoms with E-state index >= 15 is 0 Å². The lowest BCUT2D eigenvalue weighted by molar-refractivity contribution is 0.0947. The molecule has 0 spiro atoms. The number of hydrogen-bond donors (Lipinski definition) is 1. The van der Waals surface area contributed by atoms with Crippen LogP contribution in [0, 0.1) is 0 Å². The number of pyridine rings is 1. The number of carbonyl (C=O) groups excluding carboxylic acids is 1. The van der Waals surface area contributed by atoms with Gasteiger partial charge in [0.1, 0.15) is 10.7 Å². The zero-order chi connectivity index (χ0) is 15.4. The van der Waals surface area contributed by atoms with E-state index < -0.39 is 0 Å². The molecule has 22 heavy (non-hydrogen) atoms. The molecule has 3 heterocycles. The van der Waals surface area contributed by atoms with Gasteiger partial charge in [-0.25, -0.2) is 9.67 Å². The predicted octanol–water partition coefficient (Wildman–Crippen LogP) is 2.38. The second-order valence-electron chi connectivity index (χ2n) is 4.38. The Balaban J connectivity index is 1.66. The van der Waals surface area contributed by atoms with E-state index in [1.165, 1.54) is 11.8 Å². The van der Waals surface area contributed by atoms with E-state index in [1.54, 1.807) is 40.5 Å². The van der Waals surface area contributed by atoms with Crippen LogP contribution >= 0.6 is 23.1 Å². The summed E-state index contributed by atoms with van der Waals surface area (Å²) >= 11 is 3.04. The number of nitrogens with zero attached hydrogens (tertiary/aromatic N) is 4. The van der Waals surface area contributed by atoms with Gasteiger partial charge >= 0.3 is 0 Å². The van der Waals surface area contributed by atoms with Crippen molar-refractivity contribution in [3.05, 3.63) is 52.6 Å². The van der Waals surface area contributed by atoms with Crippen molar-refractivity contribution in [1.82, 2.24) is 25.3 Å². The molecule has 1 amide bonds. The van der Waals surface area contributed by atoms with Gasteiger partial charge in [0.15, 0.2) is 0 Å². The van der Waals surface area contributed by atoms with Gasteiger partial charge in [-0.15, -0.1) is 16.9 Å². The van der Waals surface area contributed by atoms with Crippen molar-refractivity contribution in [2.24, 2.45) is 0 Å². The molecule has 112 valence electrons. The highest BCUT2D eigenvalue weighted by Crippen LogP contribution is 2.16. The number of hydrogen-bond acceptors (Lipinski definition) is 6. The molecule has 0 atom stereocenters. The standard InChI is InChI=1S/C14H13N5OS2/c1-21-14-12(3-2-5-15-14)13(20)16-7-10-8-19(18-17-10)11-4-6-22-9-11/h2-6,8-9H,7H2,1H3,(H,16,20). The summed E-state index contributed by atoms with van der Waals surface area (Å²) in [4.78, 5) is 16.4. The first kappa shape index (κ1) is 14.7. The van der Waals surface area contributed by atoms with Gasteiger partial charge in [-0.05, 0) is 29.8 Å². The maximum atomic E-state index is 12.2. The highest BCUT2D eigenvalue weighted by Gasteiger charge is 2.12. The van der Waals surface area contributed by atoms with Gasteiger partial charge in [0, 0.05) is 11.6 Å². The Kier molecular flexibility index (Phi) is 4.50. The molecule has 0 fully saturated rings. The van der Waals surface area contributed by atoms with E-state index in [0.717, 1.165) is 5.69 Å². The van der Waals surface area contributed by atoms with Crippen LogP contribution in [-0.4, -0.2) is 32.1 Å². The average Bonchev–Trinajstić information content (AvgIpc) is 3.23. The van der Waals surface area contributed by atoms with Crippen molar-refractivity contribution in [2.75, 3.05) is 6.26 Å². The average molecular weight is 331 g/mol. The summed E-state index contributed by atoms with van der Waals surface area (Å²) in [5.74, 6) is -0.164. The summed E-state index contributed by atoms with van der Waals surface area (Å²) in [5.41, 5.74) is 2.24. The van der Waals surface area contributed by atoms with E-state index in [1.807, 2.05) is 23.1 Å². The van der Waals surface area contributed by atoms with Crippen LogP contribution in [0.2, 0.25) is 0 Å². The van der Waals surface area contributed by atoms with Gasteiger partial charge in [0.05, 0.1) is 24.0 Å². The molecule has 0 unspecified atom stereocenters. The minimum Gasteiger partial charge on any atom is -0.346 e. The summed E-state index contributed by atoms with van der Waals surface area (Å²) in [7, 11) is 0. The zero-order valence-corrected chi connectivity index (χ0v) is 13.4. The van der Waals surface area contributed by atoms with Crippen LogP contribution in [0.4, 0.5) is 0 Å². The lowest BCUT2D eigenvalue weighted by Crippen LogP contribution is -2.23. The molecule has 0 aliphatic heterocycles. The molecule has 0 aromatic carbocycles. The largest absolute Gasteiger partial charge is 0.346 e. The molecule has 0 aliphatic carbocycles. The van der Waals surface area contributed by atoms with Crippen molar-refractivity contribution in [3.8, 4) is 5.69 Å². The number of thiophene rings is 1. The lowest BCUT2D eigenvalue weighted by Gasteiger charge is -2.06. The molecular formula is C14H13N5OS2. The zero-order valence-electron chi connectivity index (χ0n) is 11.8. The topological polar surface area (TPSA) is 72.7 Å². The van der Waals surface area contributed by atoms with E-state index in [2.05, 4.69) is 20.6 Å². The maximum absolute atomic E-state index is 12.2. The fraction of sp³-hybridized carbons (Fsp3) is 0.143. The molecule has 0 bridgehead atoms. The van der Waals surface area contributed by atoms with Gasteiger partial charge < -0.3 is 5.32 Å². The maximum Gasteiger partial charge on any atom is 0.254 e. The highest BCUT2D eigenvalue weighted by atomic mass is 32.2. The Bertz CT molecular complexity index is 769. The van der Waals surface area contributed by atoms with E-state index in [-0.39, 0.29) is 5.91 Å². The summed E-state index contributed by atoms with van der Waals surface area (Å²) in [6, 6.07) is 5.47. The van der Waals surface area contributed by atoms with Crippen molar-refractivity contribution < 1.29 is 4.79 Å². The third-order valence-electron chi connectivity index (χ3n) is 2.95. The van der Waals surface area contributed by atoms with Crippen LogP contribution in [0.1, 0.15) is 16.1 Å². The molecule has 0 saturated carbocycles. The monoisotopic (exact) mass is 331 g/mol. The van der Waals surface area contributed by atoms with Crippen molar-refractivity contribution in [1.29, 1.82) is 0 Å². The van der Waals surface area contributed by atoms with Gasteiger partial charge in [0.2, 0.25) is 0 Å². The van der Waals surface area contributed by atoms with E-state index in [9.17, 15) is 4.79 Å². The predicted molar refractivity (Wildman–Crippen MR) is 86.4 cm³/mol. The van der Waals surface area contributed by atoms with Crippen molar-refractivity contribution in [3.63, 3.8) is 0 Å². The summed E-state index contributed by atoms with van der Waals surface area (Å²) < 4.78 is 1.69. The summed E-state index contributed by atoms with van der Waals surface area (Å²) in [6.07, 6.45) is 5.38. The number of nitrogens with one attached hydrogen (secondary N) is 1. The Hall–Kier alpha value is -2.19. The van der Waals surface area contributed by atoms with Crippen LogP contribution in [0.15, 0.2) is 46.4 Å². The lowest BCUT2D eigenvalue weighted by atomic mass is 10.2. The third kappa shape index (κ3) is 3.18. The summed E-state index contributed by atoms with van der Waals surface area (Å²) in [6.45, 7) is 0.325. The van der Waals surface area contributed by atoms with Crippen molar-refractivity contribution >= 4 is 29.0 Å². The van der Waals surface area contributed by atoms with Gasteiger partial charge in [-0.2, -0.15) is 11.3 Å². The molecule has 6 nitrogen and oxygen atoms in total. The smallest absolute Gasteiger partial charge is 0.254 e.